The van der Waals surface area contributed by atoms with Crippen LogP contribution < -0.4 is 32.8 Å². The number of methoxy groups -OCH3 is 2. The van der Waals surface area contributed by atoms with Crippen molar-refractivity contribution in [3.8, 4) is 0 Å². The number of rotatable bonds is 21. The first-order valence-corrected chi connectivity index (χ1v) is 28.4. The summed E-state index contributed by atoms with van der Waals surface area (Å²) in [6.07, 6.45) is -11.0. The molecule has 0 saturated carbocycles. The zero-order valence-electron chi connectivity index (χ0n) is 38.7. The van der Waals surface area contributed by atoms with Crippen molar-refractivity contribution in [3.05, 3.63) is 62.4 Å². The Morgan fingerprint density at radius 1 is 0.824 bits per heavy atom. The maximum Gasteiger partial charge on any atom is 0.479 e. The van der Waals surface area contributed by atoms with E-state index in [1.165, 1.54) is 34.2 Å². The second-order valence-electron chi connectivity index (χ2n) is 17.1. The summed E-state index contributed by atoms with van der Waals surface area (Å²) in [6.45, 7) is -2.97. The summed E-state index contributed by atoms with van der Waals surface area (Å²) in [5, 5.41) is 32.9. The minimum atomic E-state index is -5.69. The SMILES string of the molecule is COCC[C@H]1[C@@H](O)[C@H]([n+]2cn(C)c3c(=O)[nH]c(N)nc32)O[C@@H]1COP(=O)(O)OP(=O)(O)CP(=O)(O)OCC1O[C@@H](n2cnc3c(N)ncnc32)[C@H](OC)[C@@H]1P(=O)(O)OC[C@H]1O[C@@H](n2ccc(=O)[nH]c2=O)[C@H](O)[C@@H]1O. The van der Waals surface area contributed by atoms with E-state index in [1.54, 1.807) is 0 Å². The van der Waals surface area contributed by atoms with E-state index < -0.39 is 146 Å². The minimum Gasteiger partial charge on any atom is -0.387 e. The van der Waals surface area contributed by atoms with Crippen molar-refractivity contribution in [3.63, 3.8) is 0 Å². The summed E-state index contributed by atoms with van der Waals surface area (Å²) < 4.78 is 108. The van der Waals surface area contributed by atoms with Gasteiger partial charge in [-0.1, -0.05) is 4.98 Å². The predicted molar refractivity (Wildman–Crippen MR) is 244 cm³/mol. The van der Waals surface area contributed by atoms with Gasteiger partial charge in [-0.05, 0) is 6.42 Å². The Balaban J connectivity index is 0.959. The summed E-state index contributed by atoms with van der Waals surface area (Å²) in [5.41, 5.74) is 7.53. The summed E-state index contributed by atoms with van der Waals surface area (Å²) in [6, 6.07) is 0.937. The summed E-state index contributed by atoms with van der Waals surface area (Å²) in [5.74, 6) is -3.11. The van der Waals surface area contributed by atoms with Crippen molar-refractivity contribution < 1.29 is 99.3 Å². The second-order valence-corrected chi connectivity index (χ2v) is 24.8. The van der Waals surface area contributed by atoms with E-state index in [4.69, 9.17) is 48.7 Å². The Morgan fingerprint density at radius 2 is 1.53 bits per heavy atom. The van der Waals surface area contributed by atoms with Crippen molar-refractivity contribution in [1.29, 1.82) is 0 Å². The highest BCUT2D eigenvalue weighted by atomic mass is 31.3. The number of aliphatic hydroxyl groups is 3. The lowest BCUT2D eigenvalue weighted by Crippen LogP contribution is -2.45. The molecule has 5 aromatic heterocycles. The molecule has 0 radical (unpaired) electrons. The molecule has 3 aliphatic heterocycles. The molecule has 5 aromatic rings. The molecule has 0 spiro atoms. The number of ether oxygens (including phenoxy) is 5. The molecule has 13 N–H and O–H groups in total. The normalized spacial score (nSPS) is 30.6. The number of imidazole rings is 2. The van der Waals surface area contributed by atoms with Crippen LogP contribution >= 0.6 is 30.6 Å². The van der Waals surface area contributed by atoms with Crippen LogP contribution in [0.25, 0.3) is 22.3 Å². The molecule has 408 valence electrons. The van der Waals surface area contributed by atoms with Crippen LogP contribution in [-0.4, -0.2) is 173 Å². The Labute approximate surface area is 413 Å². The van der Waals surface area contributed by atoms with Crippen LogP contribution in [0.1, 0.15) is 25.1 Å². The van der Waals surface area contributed by atoms with E-state index in [-0.39, 0.29) is 47.1 Å². The number of fused-ring (bicyclic) bond motifs is 2. The molecule has 0 bridgehead atoms. The number of aryl methyl sites for hydroxylation is 1. The molecule has 3 saturated heterocycles. The highest BCUT2D eigenvalue weighted by Crippen LogP contribution is 2.67. The molecule has 0 amide bonds. The zero-order valence-corrected chi connectivity index (χ0v) is 42.3. The molecule has 0 aromatic carbocycles. The van der Waals surface area contributed by atoms with Gasteiger partial charge in [0.15, 0.2) is 36.2 Å². The first-order valence-electron chi connectivity index (χ1n) is 21.7. The van der Waals surface area contributed by atoms with Crippen LogP contribution in [0.5, 0.6) is 0 Å². The summed E-state index contributed by atoms with van der Waals surface area (Å²) in [4.78, 5) is 101. The molecule has 35 nitrogen and oxygen atoms in total. The van der Waals surface area contributed by atoms with Crippen molar-refractivity contribution in [2.24, 2.45) is 13.0 Å². The number of anilines is 2. The van der Waals surface area contributed by atoms with E-state index in [0.717, 1.165) is 36.6 Å². The van der Waals surface area contributed by atoms with Gasteiger partial charge >= 0.3 is 41.9 Å². The molecular formula is C35H51N12O23P4+. The van der Waals surface area contributed by atoms with Gasteiger partial charge in [-0.3, -0.25) is 51.5 Å². The van der Waals surface area contributed by atoms with E-state index in [1.807, 2.05) is 4.98 Å². The number of H-pyrrole nitrogens is 2. The maximum atomic E-state index is 14.3. The number of nitrogens with two attached hydrogens (primary N) is 2. The smallest absolute Gasteiger partial charge is 0.387 e. The molecule has 39 heteroatoms. The van der Waals surface area contributed by atoms with Gasteiger partial charge in [0.1, 0.15) is 54.1 Å². The first kappa shape index (κ1) is 55.7. The Bertz CT molecular complexity index is 3260. The van der Waals surface area contributed by atoms with Gasteiger partial charge in [-0.2, -0.15) is 0 Å². The number of aromatic nitrogens is 10. The molecule has 0 aliphatic carbocycles. The number of nitrogen functional groups attached to an aromatic ring is 2. The third kappa shape index (κ3) is 11.4. The molecule has 74 heavy (non-hydrogen) atoms. The van der Waals surface area contributed by atoms with Crippen LogP contribution in [-0.2, 0) is 66.9 Å². The lowest BCUT2D eigenvalue weighted by molar-refractivity contribution is -0.745. The van der Waals surface area contributed by atoms with E-state index >= 15 is 0 Å². The second kappa shape index (κ2) is 21.5. The fourth-order valence-corrected chi connectivity index (χ4v) is 15.6. The predicted octanol–water partition coefficient (Wildman–Crippen LogP) is -3.40. The number of hydrogen-bond acceptors (Lipinski definition) is 25. The van der Waals surface area contributed by atoms with Crippen LogP contribution in [0.15, 0.2) is 45.6 Å². The maximum absolute atomic E-state index is 14.3. The largest absolute Gasteiger partial charge is 0.479 e. The number of hydrogen-bond donors (Lipinski definition) is 11. The third-order valence-electron chi connectivity index (χ3n) is 12.2. The number of aromatic amines is 2. The quantitative estimate of drug-likeness (QED) is 0.0252. The zero-order chi connectivity index (χ0) is 53.8. The fourth-order valence-electron chi connectivity index (χ4n) is 8.86. The first-order chi connectivity index (χ1) is 34.7. The summed E-state index contributed by atoms with van der Waals surface area (Å²) >= 11 is 0. The average Bonchev–Trinajstić information content (AvgIpc) is 4.12. The van der Waals surface area contributed by atoms with Crippen molar-refractivity contribution in [2.75, 3.05) is 58.0 Å². The molecule has 5 unspecified atom stereocenters. The van der Waals surface area contributed by atoms with Gasteiger partial charge in [-0.25, -0.2) is 33.2 Å². The fraction of sp³-hybridized carbons (Fsp3) is 0.600. The van der Waals surface area contributed by atoms with Gasteiger partial charge < -0.3 is 79.1 Å². The van der Waals surface area contributed by atoms with Crippen LogP contribution in [0.4, 0.5) is 11.8 Å². The topological polar surface area (TPSA) is 498 Å². The minimum absolute atomic E-state index is 0.00839. The van der Waals surface area contributed by atoms with Gasteiger partial charge in [0.05, 0.1) is 39.3 Å². The molecule has 8 rings (SSSR count). The van der Waals surface area contributed by atoms with E-state index in [9.17, 15) is 67.5 Å². The number of nitrogens with one attached hydrogen (secondary N) is 2. The van der Waals surface area contributed by atoms with Crippen LogP contribution in [0, 0.1) is 5.92 Å². The molecule has 16 atom stereocenters. The number of aliphatic hydroxyl groups excluding tert-OH is 3. The third-order valence-corrected chi connectivity index (χ3v) is 19.8. The van der Waals surface area contributed by atoms with Gasteiger partial charge in [0, 0.05) is 39.0 Å². The van der Waals surface area contributed by atoms with E-state index in [0.29, 0.717) is 0 Å². The molecule has 3 fully saturated rings. The van der Waals surface area contributed by atoms with Crippen LogP contribution in [0.2, 0.25) is 0 Å². The van der Waals surface area contributed by atoms with Crippen molar-refractivity contribution >= 4 is 64.7 Å². The van der Waals surface area contributed by atoms with Crippen LogP contribution in [0.3, 0.4) is 0 Å². The molecule has 3 aliphatic rings. The summed E-state index contributed by atoms with van der Waals surface area (Å²) in [7, 11) is -18.1. The van der Waals surface area contributed by atoms with Gasteiger partial charge in [0.2, 0.25) is 11.7 Å². The highest BCUT2D eigenvalue weighted by Gasteiger charge is 2.57. The highest BCUT2D eigenvalue weighted by molar-refractivity contribution is 7.74. The van der Waals surface area contributed by atoms with Gasteiger partial charge in [-0.15, -0.1) is 0 Å². The standard InChI is InChI=1S/C35H50N12O23P4/c1-44-13-47(29-21(44)30(52)43-34(37)42-29)31-22(49)15(5-7-62-2)16(67-31)8-66-74(60,61)70-72(56,57)14-71(54,55)64-10-18-26(25(63-3)33(69-18)46-12-40-20-27(36)38-11-39-28(20)46)73(58,59)65-9-17-23(50)24(51)32(68-17)45-6-4-19(48)41-35(45)53/h4,6,11-13,15-18,22-26,31-33,49-51H,5,7-10,14H2,1-3H3,(H9-,36,37,38,39,41,42,43,48,52,53,54,55,56,57,58,59,60,61)/p+1/t15-,16-,17-,18?,22-,23-,24-,25-,26-,31-,32-,33-/m1/s1. The number of nitrogens with zero attached hydrogens (tertiary/aromatic N) is 8. The Hall–Kier alpha value is -4.54. The Morgan fingerprint density at radius 3 is 2.23 bits per heavy atom. The van der Waals surface area contributed by atoms with E-state index in [2.05, 4.69) is 29.2 Å². The number of phosphoric ester groups is 1. The monoisotopic (exact) mass is 1130 g/mol. The van der Waals surface area contributed by atoms with Crippen molar-refractivity contribution in [2.45, 2.75) is 73.5 Å². The van der Waals surface area contributed by atoms with Gasteiger partial charge in [0.25, 0.3) is 17.1 Å². The number of phosphoric acid groups is 1. The molecule has 8 heterocycles. The average molecular weight is 1130 g/mol. The lowest BCUT2D eigenvalue weighted by Gasteiger charge is -2.28. The lowest BCUT2D eigenvalue weighted by atomic mass is 9.95. The Kier molecular flexibility index (Phi) is 16.2. The van der Waals surface area contributed by atoms with Crippen molar-refractivity contribution in [1.82, 2.24) is 43.6 Å². The molecular weight excluding hydrogens is 1080 g/mol.